The van der Waals surface area contributed by atoms with Crippen molar-refractivity contribution in [1.29, 1.82) is 0 Å². The van der Waals surface area contributed by atoms with Crippen LogP contribution in [0.3, 0.4) is 0 Å². The number of carboxylic acid groups (broad SMARTS) is 1. The molecule has 1 unspecified atom stereocenters. The summed E-state index contributed by atoms with van der Waals surface area (Å²) >= 11 is 0. The van der Waals surface area contributed by atoms with Crippen LogP contribution in [0.2, 0.25) is 0 Å². The summed E-state index contributed by atoms with van der Waals surface area (Å²) in [6.07, 6.45) is 4.91. The minimum atomic E-state index is -0.890. The van der Waals surface area contributed by atoms with Crippen LogP contribution in [0.25, 0.3) is 0 Å². The maximum atomic E-state index is 13.3. The van der Waals surface area contributed by atoms with Crippen molar-refractivity contribution in [1.82, 2.24) is 4.90 Å². The summed E-state index contributed by atoms with van der Waals surface area (Å²) in [6, 6.07) is 6.99. The topological polar surface area (TPSA) is 66.8 Å². The third-order valence-corrected chi connectivity index (χ3v) is 5.31. The highest BCUT2D eigenvalue weighted by Crippen LogP contribution is 2.44. The third kappa shape index (κ3) is 2.69. The Morgan fingerprint density at radius 2 is 1.83 bits per heavy atom. The summed E-state index contributed by atoms with van der Waals surface area (Å²) < 4.78 is 5.20. The number of amides is 1. The fourth-order valence-corrected chi connectivity index (χ4v) is 4.06. The van der Waals surface area contributed by atoms with E-state index in [-0.39, 0.29) is 5.91 Å². The standard InChI is InChI=1S/C18H23NO4/c1-23-14-8-6-13(7-9-14)18(10-2-3-11-18)17(22)19-12-4-5-15(19)16(20)21/h6-9,15H,2-5,10-12H2,1H3,(H,20,21). The molecule has 0 bridgehead atoms. The number of aliphatic carboxylic acids is 1. The van der Waals surface area contributed by atoms with Gasteiger partial charge in [0.05, 0.1) is 12.5 Å². The molecule has 23 heavy (non-hydrogen) atoms. The van der Waals surface area contributed by atoms with E-state index in [4.69, 9.17) is 4.74 Å². The summed E-state index contributed by atoms with van der Waals surface area (Å²) in [5.74, 6) is -0.136. The van der Waals surface area contributed by atoms with Crippen molar-refractivity contribution in [2.75, 3.05) is 13.7 Å². The van der Waals surface area contributed by atoms with Crippen LogP contribution >= 0.6 is 0 Å². The van der Waals surface area contributed by atoms with Gasteiger partial charge < -0.3 is 14.7 Å². The maximum Gasteiger partial charge on any atom is 0.326 e. The second-order valence-corrected chi connectivity index (χ2v) is 6.51. The van der Waals surface area contributed by atoms with E-state index in [1.807, 2.05) is 24.3 Å². The van der Waals surface area contributed by atoms with Crippen LogP contribution in [0, 0.1) is 0 Å². The van der Waals surface area contributed by atoms with E-state index >= 15 is 0 Å². The van der Waals surface area contributed by atoms with Gasteiger partial charge in [0.1, 0.15) is 11.8 Å². The molecule has 1 aromatic carbocycles. The summed E-state index contributed by atoms with van der Waals surface area (Å²) in [4.78, 5) is 26.3. The van der Waals surface area contributed by atoms with E-state index < -0.39 is 17.4 Å². The average molecular weight is 317 g/mol. The van der Waals surface area contributed by atoms with Crippen molar-refractivity contribution in [2.24, 2.45) is 0 Å². The van der Waals surface area contributed by atoms with Gasteiger partial charge in [-0.15, -0.1) is 0 Å². The van der Waals surface area contributed by atoms with Crippen molar-refractivity contribution in [3.8, 4) is 5.75 Å². The van der Waals surface area contributed by atoms with Crippen molar-refractivity contribution in [3.63, 3.8) is 0 Å². The van der Waals surface area contributed by atoms with Crippen LogP contribution in [0.5, 0.6) is 5.75 Å². The highest BCUT2D eigenvalue weighted by Gasteiger charge is 2.48. The molecule has 1 aliphatic heterocycles. The van der Waals surface area contributed by atoms with Gasteiger partial charge in [0.2, 0.25) is 5.91 Å². The molecular weight excluding hydrogens is 294 g/mol. The number of rotatable bonds is 4. The number of carboxylic acids is 1. The highest BCUT2D eigenvalue weighted by molar-refractivity contribution is 5.92. The van der Waals surface area contributed by atoms with E-state index in [1.54, 1.807) is 12.0 Å². The number of hydrogen-bond donors (Lipinski definition) is 1. The van der Waals surface area contributed by atoms with Gasteiger partial charge in [-0.3, -0.25) is 4.79 Å². The van der Waals surface area contributed by atoms with E-state index in [1.165, 1.54) is 0 Å². The van der Waals surface area contributed by atoms with Gasteiger partial charge in [0.25, 0.3) is 0 Å². The lowest BCUT2D eigenvalue weighted by molar-refractivity contribution is -0.150. The molecule has 1 aromatic rings. The molecular formula is C18H23NO4. The number of hydrogen-bond acceptors (Lipinski definition) is 3. The van der Waals surface area contributed by atoms with Crippen LogP contribution in [-0.2, 0) is 15.0 Å². The molecule has 2 fully saturated rings. The van der Waals surface area contributed by atoms with Crippen molar-refractivity contribution < 1.29 is 19.4 Å². The third-order valence-electron chi connectivity index (χ3n) is 5.31. The number of ether oxygens (including phenoxy) is 1. The van der Waals surface area contributed by atoms with Crippen LogP contribution < -0.4 is 4.74 Å². The fraction of sp³-hybridized carbons (Fsp3) is 0.556. The molecule has 2 aliphatic rings. The molecule has 1 heterocycles. The lowest BCUT2D eigenvalue weighted by Crippen LogP contribution is -2.49. The van der Waals surface area contributed by atoms with Crippen molar-refractivity contribution >= 4 is 11.9 Å². The lowest BCUT2D eigenvalue weighted by Gasteiger charge is -2.34. The first-order valence-corrected chi connectivity index (χ1v) is 8.27. The monoisotopic (exact) mass is 317 g/mol. The average Bonchev–Trinajstić information content (AvgIpc) is 3.24. The Hall–Kier alpha value is -2.04. The molecule has 1 N–H and O–H groups in total. The zero-order chi connectivity index (χ0) is 16.4. The number of methoxy groups -OCH3 is 1. The Bertz CT molecular complexity index is 590. The first-order chi connectivity index (χ1) is 11.1. The summed E-state index contributed by atoms with van der Waals surface area (Å²) in [5, 5.41) is 9.39. The molecule has 0 aromatic heterocycles. The number of likely N-dealkylation sites (tertiary alicyclic amines) is 1. The SMILES string of the molecule is COc1ccc(C2(C(=O)N3CCCC3C(=O)O)CCCC2)cc1. The summed E-state index contributed by atoms with van der Waals surface area (Å²) in [5.41, 5.74) is 0.418. The molecule has 1 saturated heterocycles. The number of benzene rings is 1. The van der Waals surface area contributed by atoms with Crippen LogP contribution in [0.4, 0.5) is 0 Å². The van der Waals surface area contributed by atoms with Gasteiger partial charge in [-0.2, -0.15) is 0 Å². The van der Waals surface area contributed by atoms with Gasteiger partial charge in [0.15, 0.2) is 0 Å². The van der Waals surface area contributed by atoms with Crippen LogP contribution in [0.15, 0.2) is 24.3 Å². The molecule has 3 rings (SSSR count). The molecule has 1 aliphatic carbocycles. The Morgan fingerprint density at radius 1 is 1.17 bits per heavy atom. The quantitative estimate of drug-likeness (QED) is 0.927. The second-order valence-electron chi connectivity index (χ2n) is 6.51. The fourth-order valence-electron chi connectivity index (χ4n) is 4.06. The Kier molecular flexibility index (Phi) is 4.28. The Labute approximate surface area is 136 Å². The van der Waals surface area contributed by atoms with Gasteiger partial charge >= 0.3 is 5.97 Å². The predicted octanol–water partition coefficient (Wildman–Crippen LogP) is 2.58. The van der Waals surface area contributed by atoms with Gasteiger partial charge in [-0.1, -0.05) is 25.0 Å². The molecule has 1 saturated carbocycles. The first-order valence-electron chi connectivity index (χ1n) is 8.27. The minimum absolute atomic E-state index is 0.00920. The predicted molar refractivity (Wildman–Crippen MR) is 85.5 cm³/mol. The number of carbonyl (C=O) groups is 2. The first kappa shape index (κ1) is 15.8. The normalized spacial score (nSPS) is 23.0. The van der Waals surface area contributed by atoms with Crippen LogP contribution in [0.1, 0.15) is 44.1 Å². The molecule has 124 valence electrons. The molecule has 0 radical (unpaired) electrons. The molecule has 1 atom stereocenters. The Balaban J connectivity index is 1.93. The summed E-state index contributed by atoms with van der Waals surface area (Å²) in [7, 11) is 1.62. The smallest absolute Gasteiger partial charge is 0.326 e. The molecule has 5 nitrogen and oxygen atoms in total. The van der Waals surface area contributed by atoms with Crippen molar-refractivity contribution in [3.05, 3.63) is 29.8 Å². The number of nitrogens with zero attached hydrogens (tertiary/aromatic N) is 1. The van der Waals surface area contributed by atoms with Crippen molar-refractivity contribution in [2.45, 2.75) is 50.0 Å². The number of carbonyl (C=O) groups excluding carboxylic acids is 1. The Morgan fingerprint density at radius 3 is 2.39 bits per heavy atom. The van der Waals surface area contributed by atoms with Crippen LogP contribution in [-0.4, -0.2) is 41.6 Å². The van der Waals surface area contributed by atoms with Gasteiger partial charge in [-0.05, 0) is 43.4 Å². The van der Waals surface area contributed by atoms with E-state index in [2.05, 4.69) is 0 Å². The largest absolute Gasteiger partial charge is 0.497 e. The second kappa shape index (κ2) is 6.22. The zero-order valence-electron chi connectivity index (χ0n) is 13.5. The summed E-state index contributed by atoms with van der Waals surface area (Å²) in [6.45, 7) is 0.549. The molecule has 1 amide bonds. The van der Waals surface area contributed by atoms with E-state index in [9.17, 15) is 14.7 Å². The van der Waals surface area contributed by atoms with Gasteiger partial charge in [0, 0.05) is 6.54 Å². The van der Waals surface area contributed by atoms with Gasteiger partial charge in [-0.25, -0.2) is 4.79 Å². The molecule has 5 heteroatoms. The van der Waals surface area contributed by atoms with E-state index in [0.717, 1.165) is 43.4 Å². The zero-order valence-corrected chi connectivity index (χ0v) is 13.5. The lowest BCUT2D eigenvalue weighted by atomic mass is 9.77. The maximum absolute atomic E-state index is 13.3. The molecule has 0 spiro atoms. The minimum Gasteiger partial charge on any atom is -0.497 e. The highest BCUT2D eigenvalue weighted by atomic mass is 16.5. The van der Waals surface area contributed by atoms with E-state index in [0.29, 0.717) is 13.0 Å².